The van der Waals surface area contributed by atoms with Gasteiger partial charge in [-0.3, -0.25) is 4.79 Å². The van der Waals surface area contributed by atoms with Gasteiger partial charge in [0.05, 0.1) is 5.92 Å². The highest BCUT2D eigenvalue weighted by Gasteiger charge is 2.27. The van der Waals surface area contributed by atoms with Crippen LogP contribution in [-0.2, 0) is 11.3 Å². The molecule has 17 heavy (non-hydrogen) atoms. The van der Waals surface area contributed by atoms with Crippen LogP contribution in [0.2, 0.25) is 0 Å². The van der Waals surface area contributed by atoms with Crippen molar-refractivity contribution in [1.29, 1.82) is 0 Å². The highest BCUT2D eigenvalue weighted by atomic mass is 19.1. The lowest BCUT2D eigenvalue weighted by atomic mass is 10.0. The predicted octanol–water partition coefficient (Wildman–Crippen LogP) is 1.14. The van der Waals surface area contributed by atoms with Crippen LogP contribution in [0.15, 0.2) is 18.2 Å². The lowest BCUT2D eigenvalue weighted by Crippen LogP contribution is -2.51. The maximum absolute atomic E-state index is 13.4. The Morgan fingerprint density at radius 1 is 1.47 bits per heavy atom. The third-order valence-corrected chi connectivity index (χ3v) is 2.93. The number of carbonyl (C=O) groups is 1. The molecule has 1 aliphatic heterocycles. The Kier molecular flexibility index (Phi) is 3.38. The molecule has 0 radical (unpaired) electrons. The number of hydrogen-bond acceptors (Lipinski definition) is 2. The highest BCUT2D eigenvalue weighted by molar-refractivity contribution is 5.79. The summed E-state index contributed by atoms with van der Waals surface area (Å²) in [6.07, 6.45) is 0. The molecule has 1 N–H and O–H groups in total. The highest BCUT2D eigenvalue weighted by Crippen LogP contribution is 2.14. The van der Waals surface area contributed by atoms with Crippen LogP contribution in [0.1, 0.15) is 5.56 Å². The third-order valence-electron chi connectivity index (χ3n) is 2.93. The van der Waals surface area contributed by atoms with Crippen molar-refractivity contribution in [3.63, 3.8) is 0 Å². The molecule has 1 aromatic carbocycles. The zero-order valence-corrected chi connectivity index (χ0v) is 9.54. The van der Waals surface area contributed by atoms with Gasteiger partial charge in [0.2, 0.25) is 5.91 Å². The van der Waals surface area contributed by atoms with Crippen LogP contribution in [0.4, 0.5) is 8.78 Å². The van der Waals surface area contributed by atoms with Gasteiger partial charge in [-0.2, -0.15) is 0 Å². The van der Waals surface area contributed by atoms with Gasteiger partial charge in [0.25, 0.3) is 0 Å². The first-order chi connectivity index (χ1) is 8.08. The molecule has 1 fully saturated rings. The molecule has 0 spiro atoms. The van der Waals surface area contributed by atoms with E-state index in [0.717, 1.165) is 6.07 Å². The second-order valence-electron chi connectivity index (χ2n) is 4.29. The van der Waals surface area contributed by atoms with Crippen molar-refractivity contribution in [2.75, 3.05) is 20.1 Å². The summed E-state index contributed by atoms with van der Waals surface area (Å²) in [4.78, 5) is 13.3. The van der Waals surface area contributed by atoms with Crippen molar-refractivity contribution >= 4 is 5.91 Å². The Hall–Kier alpha value is -1.49. The van der Waals surface area contributed by atoms with E-state index in [-0.39, 0.29) is 18.4 Å². The maximum atomic E-state index is 13.4. The summed E-state index contributed by atoms with van der Waals surface area (Å²) in [6, 6.07) is 3.40. The fourth-order valence-corrected chi connectivity index (χ4v) is 1.76. The van der Waals surface area contributed by atoms with Crippen LogP contribution in [0, 0.1) is 17.6 Å². The number of amides is 1. The van der Waals surface area contributed by atoms with Gasteiger partial charge in [-0.05, 0) is 6.07 Å². The van der Waals surface area contributed by atoms with Crippen LogP contribution in [-0.4, -0.2) is 30.9 Å². The monoisotopic (exact) mass is 240 g/mol. The molecule has 1 aromatic rings. The van der Waals surface area contributed by atoms with Crippen LogP contribution < -0.4 is 5.32 Å². The minimum absolute atomic E-state index is 0.00697. The van der Waals surface area contributed by atoms with E-state index in [0.29, 0.717) is 18.7 Å². The van der Waals surface area contributed by atoms with Gasteiger partial charge in [0.15, 0.2) is 0 Å². The molecule has 5 heteroatoms. The molecule has 92 valence electrons. The van der Waals surface area contributed by atoms with Crippen molar-refractivity contribution < 1.29 is 13.6 Å². The Bertz CT molecular complexity index is 433. The lowest BCUT2D eigenvalue weighted by Gasteiger charge is -2.30. The maximum Gasteiger partial charge on any atom is 0.228 e. The van der Waals surface area contributed by atoms with E-state index in [9.17, 15) is 13.6 Å². The minimum atomic E-state index is -0.614. The predicted molar refractivity (Wildman–Crippen MR) is 59.2 cm³/mol. The molecule has 2 rings (SSSR count). The van der Waals surface area contributed by atoms with Gasteiger partial charge in [-0.25, -0.2) is 8.78 Å². The number of rotatable bonds is 3. The van der Waals surface area contributed by atoms with Crippen LogP contribution in [0.5, 0.6) is 0 Å². The molecule has 1 heterocycles. The quantitative estimate of drug-likeness (QED) is 0.859. The molecule has 0 aliphatic carbocycles. The Morgan fingerprint density at radius 2 is 2.18 bits per heavy atom. The van der Waals surface area contributed by atoms with Crippen molar-refractivity contribution in [2.45, 2.75) is 6.54 Å². The van der Waals surface area contributed by atoms with E-state index in [4.69, 9.17) is 0 Å². The number of nitrogens with one attached hydrogen (secondary N) is 1. The van der Waals surface area contributed by atoms with Crippen LogP contribution in [0.3, 0.4) is 0 Å². The zero-order chi connectivity index (χ0) is 12.4. The number of halogens is 2. The van der Waals surface area contributed by atoms with E-state index in [1.807, 2.05) is 0 Å². The SMILES string of the molecule is CN(Cc1ccc(F)cc1F)C(=O)C1CNC1. The van der Waals surface area contributed by atoms with Crippen LogP contribution in [0.25, 0.3) is 0 Å². The fraction of sp³-hybridized carbons (Fsp3) is 0.417. The largest absolute Gasteiger partial charge is 0.341 e. The summed E-state index contributed by atoms with van der Waals surface area (Å²) >= 11 is 0. The van der Waals surface area contributed by atoms with E-state index in [1.165, 1.54) is 17.0 Å². The first-order valence-electron chi connectivity index (χ1n) is 5.47. The molecule has 3 nitrogen and oxygen atoms in total. The minimum Gasteiger partial charge on any atom is -0.341 e. The van der Waals surface area contributed by atoms with E-state index in [1.54, 1.807) is 7.05 Å². The summed E-state index contributed by atoms with van der Waals surface area (Å²) in [5, 5.41) is 3.01. The summed E-state index contributed by atoms with van der Waals surface area (Å²) in [5.41, 5.74) is 0.328. The zero-order valence-electron chi connectivity index (χ0n) is 9.54. The van der Waals surface area contributed by atoms with Crippen molar-refractivity contribution in [3.05, 3.63) is 35.4 Å². The van der Waals surface area contributed by atoms with Crippen LogP contribution >= 0.6 is 0 Å². The van der Waals surface area contributed by atoms with Gasteiger partial charge in [0.1, 0.15) is 11.6 Å². The van der Waals surface area contributed by atoms with E-state index < -0.39 is 11.6 Å². The summed E-state index contributed by atoms with van der Waals surface area (Å²) in [7, 11) is 1.63. The number of hydrogen-bond donors (Lipinski definition) is 1. The van der Waals surface area contributed by atoms with Gasteiger partial charge in [-0.1, -0.05) is 6.07 Å². The summed E-state index contributed by atoms with van der Waals surface area (Å²) in [5.74, 6) is -1.24. The number of benzene rings is 1. The first-order valence-corrected chi connectivity index (χ1v) is 5.47. The molecule has 0 saturated carbocycles. The average Bonchev–Trinajstić information content (AvgIpc) is 2.19. The standard InChI is InChI=1S/C12H14F2N2O/c1-16(12(17)9-5-15-6-9)7-8-2-3-10(13)4-11(8)14/h2-4,9,15H,5-7H2,1H3. The van der Waals surface area contributed by atoms with Crippen molar-refractivity contribution in [2.24, 2.45) is 5.92 Å². The second-order valence-corrected chi connectivity index (χ2v) is 4.29. The number of carbonyl (C=O) groups excluding carboxylic acids is 1. The molecule has 0 aromatic heterocycles. The molecular formula is C12H14F2N2O. The number of nitrogens with zero attached hydrogens (tertiary/aromatic N) is 1. The molecule has 0 unspecified atom stereocenters. The van der Waals surface area contributed by atoms with Gasteiger partial charge in [0, 0.05) is 38.3 Å². The van der Waals surface area contributed by atoms with Crippen molar-refractivity contribution in [3.8, 4) is 0 Å². The summed E-state index contributed by atoms with van der Waals surface area (Å²) < 4.78 is 26.1. The molecule has 1 aliphatic rings. The van der Waals surface area contributed by atoms with Crippen molar-refractivity contribution in [1.82, 2.24) is 10.2 Å². The molecule has 0 bridgehead atoms. The second kappa shape index (κ2) is 4.79. The molecule has 1 saturated heterocycles. The summed E-state index contributed by atoms with van der Waals surface area (Å²) in [6.45, 7) is 1.52. The third kappa shape index (κ3) is 2.61. The molecule has 1 amide bonds. The Morgan fingerprint density at radius 3 is 2.71 bits per heavy atom. The normalized spacial score (nSPS) is 15.5. The molecular weight excluding hydrogens is 226 g/mol. The van der Waals surface area contributed by atoms with Gasteiger partial charge in [-0.15, -0.1) is 0 Å². The topological polar surface area (TPSA) is 32.3 Å². The Labute approximate surface area is 98.4 Å². The van der Waals surface area contributed by atoms with Gasteiger partial charge >= 0.3 is 0 Å². The van der Waals surface area contributed by atoms with E-state index in [2.05, 4.69) is 5.32 Å². The fourth-order valence-electron chi connectivity index (χ4n) is 1.76. The smallest absolute Gasteiger partial charge is 0.228 e. The molecule has 0 atom stereocenters. The lowest BCUT2D eigenvalue weighted by molar-refractivity contribution is -0.136. The average molecular weight is 240 g/mol. The van der Waals surface area contributed by atoms with Gasteiger partial charge < -0.3 is 10.2 Å². The van der Waals surface area contributed by atoms with E-state index >= 15 is 0 Å². The first kappa shape index (κ1) is 12.0. The Balaban J connectivity index is 2.01.